The number of hydrogen-bond acceptors (Lipinski definition) is 5. The van der Waals surface area contributed by atoms with E-state index in [9.17, 15) is 9.59 Å². The van der Waals surface area contributed by atoms with Gasteiger partial charge in [0.15, 0.2) is 0 Å². The van der Waals surface area contributed by atoms with E-state index >= 15 is 0 Å². The van der Waals surface area contributed by atoms with Gasteiger partial charge in [-0.3, -0.25) is 9.59 Å². The van der Waals surface area contributed by atoms with Crippen molar-refractivity contribution in [3.05, 3.63) is 24.3 Å². The van der Waals surface area contributed by atoms with Crippen LogP contribution in [0.4, 0.5) is 0 Å². The molecule has 0 radical (unpaired) electrons. The van der Waals surface area contributed by atoms with Crippen LogP contribution in [0, 0.1) is 0 Å². The van der Waals surface area contributed by atoms with E-state index in [1.165, 1.54) is 141 Å². The Labute approximate surface area is 299 Å². The molecule has 48 heavy (non-hydrogen) atoms. The number of carbonyl (C=O) groups is 2. The minimum Gasteiger partial charge on any atom is -0.462 e. The molecule has 0 rings (SSSR count). The highest BCUT2D eigenvalue weighted by Crippen LogP contribution is 2.14. The molecule has 0 aromatic carbocycles. The average Bonchev–Trinajstić information content (AvgIpc) is 3.06. The summed E-state index contributed by atoms with van der Waals surface area (Å²) < 4.78 is 11.4. The van der Waals surface area contributed by atoms with Crippen LogP contribution in [-0.2, 0) is 19.1 Å². The van der Waals surface area contributed by atoms with Crippen molar-refractivity contribution < 1.29 is 19.1 Å². The van der Waals surface area contributed by atoms with E-state index in [4.69, 9.17) is 9.47 Å². The molecule has 5 nitrogen and oxygen atoms in total. The van der Waals surface area contributed by atoms with Gasteiger partial charge in [0, 0.05) is 12.8 Å². The van der Waals surface area contributed by atoms with Crippen molar-refractivity contribution in [3.8, 4) is 0 Å². The van der Waals surface area contributed by atoms with Crippen LogP contribution in [0.5, 0.6) is 0 Å². The van der Waals surface area contributed by atoms with Gasteiger partial charge in [0.25, 0.3) is 0 Å². The van der Waals surface area contributed by atoms with Crippen LogP contribution >= 0.6 is 0 Å². The second-order valence-corrected chi connectivity index (χ2v) is 14.4. The minimum atomic E-state index is -0.348. The summed E-state index contributed by atoms with van der Waals surface area (Å²) in [4.78, 5) is 27.1. The summed E-state index contributed by atoms with van der Waals surface area (Å²) >= 11 is 0. The van der Waals surface area contributed by atoms with Gasteiger partial charge in [-0.05, 0) is 97.7 Å². The third-order valence-electron chi connectivity index (χ3n) is 9.15. The number of allylic oxidation sites excluding steroid dienone is 4. The second-order valence-electron chi connectivity index (χ2n) is 14.4. The molecule has 5 heteroatoms. The molecule has 282 valence electrons. The van der Waals surface area contributed by atoms with Crippen molar-refractivity contribution in [3.63, 3.8) is 0 Å². The van der Waals surface area contributed by atoms with Crippen LogP contribution in [0.3, 0.4) is 0 Å². The summed E-state index contributed by atoms with van der Waals surface area (Å²) in [6, 6.07) is 0. The van der Waals surface area contributed by atoms with Crippen LogP contribution in [-0.4, -0.2) is 50.2 Å². The van der Waals surface area contributed by atoms with Gasteiger partial charge in [0.2, 0.25) is 0 Å². The monoisotopic (exact) mass is 676 g/mol. The first-order valence-electron chi connectivity index (χ1n) is 20.8. The van der Waals surface area contributed by atoms with E-state index in [0.29, 0.717) is 12.8 Å². The number of rotatable bonds is 37. The van der Waals surface area contributed by atoms with Crippen LogP contribution in [0.15, 0.2) is 24.3 Å². The fourth-order valence-corrected chi connectivity index (χ4v) is 5.99. The Morgan fingerprint density at radius 3 is 1.29 bits per heavy atom. The number of carbonyl (C=O) groups excluding carboxylic acids is 2. The van der Waals surface area contributed by atoms with Gasteiger partial charge in [-0.15, -0.1) is 0 Å². The molecule has 0 aliphatic heterocycles. The van der Waals surface area contributed by atoms with Crippen LogP contribution in [0.2, 0.25) is 0 Å². The lowest BCUT2D eigenvalue weighted by Crippen LogP contribution is -2.26. The number of nitrogens with zero attached hydrogens (tertiary/aromatic N) is 1. The highest BCUT2D eigenvalue weighted by Gasteiger charge is 2.17. The first kappa shape index (κ1) is 46.4. The third-order valence-corrected chi connectivity index (χ3v) is 9.15. The molecule has 0 heterocycles. The van der Waals surface area contributed by atoms with Crippen LogP contribution in [0.1, 0.15) is 206 Å². The van der Waals surface area contributed by atoms with E-state index in [2.05, 4.69) is 43.1 Å². The van der Waals surface area contributed by atoms with Crippen LogP contribution < -0.4 is 0 Å². The lowest BCUT2D eigenvalue weighted by atomic mass is 10.1. The number of ether oxygens (including phenoxy) is 2. The number of esters is 2. The van der Waals surface area contributed by atoms with Crippen molar-refractivity contribution in [2.75, 3.05) is 27.2 Å². The van der Waals surface area contributed by atoms with Gasteiger partial charge in [-0.1, -0.05) is 141 Å². The Bertz CT molecular complexity index is 747. The Kier molecular flexibility index (Phi) is 36.9. The zero-order valence-electron chi connectivity index (χ0n) is 32.6. The Balaban J connectivity index is 3.93. The molecule has 0 saturated carbocycles. The lowest BCUT2D eigenvalue weighted by Gasteiger charge is -2.19. The molecule has 0 aromatic rings. The molecule has 0 amide bonds. The van der Waals surface area contributed by atoms with E-state index in [1.54, 1.807) is 0 Å². The number of hydrogen-bond donors (Lipinski definition) is 0. The standard InChI is InChI=1S/C43H81NO4/c1-5-7-9-11-13-15-17-19-21-23-25-27-29-31-33-37-42(45)47-40-41(36-35-39-44(3)4)48-43(46)38-34-32-30-28-26-24-22-20-18-16-14-12-10-8-6-2/h19-22,41H,5-18,23-40H2,1-4H3/b21-19-,22-20-/t41-/m1/s1. The summed E-state index contributed by atoms with van der Waals surface area (Å²) in [6.07, 6.45) is 43.8. The molecule has 0 fully saturated rings. The quantitative estimate of drug-likeness (QED) is 0.0373. The highest BCUT2D eigenvalue weighted by molar-refractivity contribution is 5.70. The second kappa shape index (κ2) is 38.2. The first-order chi connectivity index (χ1) is 23.5. The largest absolute Gasteiger partial charge is 0.462 e. The van der Waals surface area contributed by atoms with Crippen molar-refractivity contribution in [1.82, 2.24) is 4.90 Å². The van der Waals surface area contributed by atoms with Crippen molar-refractivity contribution in [2.45, 2.75) is 213 Å². The van der Waals surface area contributed by atoms with Gasteiger partial charge < -0.3 is 14.4 Å². The van der Waals surface area contributed by atoms with Gasteiger partial charge in [-0.25, -0.2) is 0 Å². The first-order valence-corrected chi connectivity index (χ1v) is 20.8. The van der Waals surface area contributed by atoms with E-state index < -0.39 is 0 Å². The Hall–Kier alpha value is -1.62. The number of unbranched alkanes of at least 4 members (excludes halogenated alkanes) is 22. The summed E-state index contributed by atoms with van der Waals surface area (Å²) in [5, 5.41) is 0. The van der Waals surface area contributed by atoms with Gasteiger partial charge in [0.1, 0.15) is 12.7 Å². The summed E-state index contributed by atoms with van der Waals surface area (Å²) in [5.74, 6) is -0.325. The molecule has 0 aliphatic rings. The normalized spacial score (nSPS) is 12.4. The van der Waals surface area contributed by atoms with E-state index in [0.717, 1.165) is 45.1 Å². The maximum Gasteiger partial charge on any atom is 0.306 e. The Morgan fingerprint density at radius 2 is 0.875 bits per heavy atom. The minimum absolute atomic E-state index is 0.157. The van der Waals surface area contributed by atoms with Crippen LogP contribution in [0.25, 0.3) is 0 Å². The summed E-state index contributed by atoms with van der Waals surface area (Å²) in [6.45, 7) is 5.63. The maximum absolute atomic E-state index is 12.6. The molecular formula is C43H81NO4. The molecule has 0 spiro atoms. The zero-order valence-corrected chi connectivity index (χ0v) is 32.6. The molecule has 0 unspecified atom stereocenters. The van der Waals surface area contributed by atoms with E-state index in [1.807, 2.05) is 14.1 Å². The molecular weight excluding hydrogens is 594 g/mol. The predicted octanol–water partition coefficient (Wildman–Crippen LogP) is 12.9. The predicted molar refractivity (Wildman–Crippen MR) is 208 cm³/mol. The maximum atomic E-state index is 12.6. The highest BCUT2D eigenvalue weighted by atomic mass is 16.6. The van der Waals surface area contributed by atoms with E-state index in [-0.39, 0.29) is 24.6 Å². The molecule has 0 bridgehead atoms. The smallest absolute Gasteiger partial charge is 0.306 e. The molecule has 0 N–H and O–H groups in total. The van der Waals surface area contributed by atoms with Gasteiger partial charge in [0.05, 0.1) is 0 Å². The van der Waals surface area contributed by atoms with Crippen molar-refractivity contribution in [2.24, 2.45) is 0 Å². The summed E-state index contributed by atoms with van der Waals surface area (Å²) in [5.41, 5.74) is 0. The topological polar surface area (TPSA) is 55.8 Å². The van der Waals surface area contributed by atoms with Gasteiger partial charge in [-0.2, -0.15) is 0 Å². The molecule has 1 atom stereocenters. The fraction of sp³-hybridized carbons (Fsp3) is 0.860. The molecule has 0 aromatic heterocycles. The third kappa shape index (κ3) is 37.2. The molecule has 0 saturated heterocycles. The van der Waals surface area contributed by atoms with Crippen molar-refractivity contribution >= 4 is 11.9 Å². The average molecular weight is 676 g/mol. The lowest BCUT2D eigenvalue weighted by molar-refractivity contribution is -0.159. The Morgan fingerprint density at radius 1 is 0.500 bits per heavy atom. The SMILES string of the molecule is CCCCCCCC/C=C\CCCCCCCC(=O)OC[C@@H](CCCN(C)C)OC(=O)CCCCCCC/C=C\CCCCCCCC. The molecule has 0 aliphatic carbocycles. The zero-order chi connectivity index (χ0) is 35.2. The summed E-state index contributed by atoms with van der Waals surface area (Å²) in [7, 11) is 4.09. The fourth-order valence-electron chi connectivity index (χ4n) is 5.99. The van der Waals surface area contributed by atoms with Gasteiger partial charge >= 0.3 is 11.9 Å². The van der Waals surface area contributed by atoms with Crippen molar-refractivity contribution in [1.29, 1.82) is 0 Å².